The molecule has 30 heavy (non-hydrogen) atoms. The molecule has 1 heterocycles. The van der Waals surface area contributed by atoms with E-state index < -0.39 is 0 Å². The van der Waals surface area contributed by atoms with Crippen LogP contribution in [-0.2, 0) is 13.1 Å². The van der Waals surface area contributed by atoms with Crippen molar-refractivity contribution in [1.82, 2.24) is 19.8 Å². The third-order valence-electron chi connectivity index (χ3n) is 4.59. The number of hydrogen-bond acceptors (Lipinski definition) is 3. The van der Waals surface area contributed by atoms with Gasteiger partial charge < -0.3 is 19.5 Å². The van der Waals surface area contributed by atoms with Gasteiger partial charge in [0.05, 0.1) is 12.2 Å². The van der Waals surface area contributed by atoms with E-state index >= 15 is 0 Å². The third kappa shape index (κ3) is 4.97. The van der Waals surface area contributed by atoms with Crippen LogP contribution in [0.1, 0.15) is 17.0 Å². The largest absolute Gasteiger partial charge is 0.481 e. The number of carbonyl (C=O) groups excluding carboxylic acids is 1. The maximum absolute atomic E-state index is 13.8. The van der Waals surface area contributed by atoms with Crippen LogP contribution in [0.5, 0.6) is 5.75 Å². The second-order valence-corrected chi connectivity index (χ2v) is 6.73. The summed E-state index contributed by atoms with van der Waals surface area (Å²) in [6.07, 6.45) is 8.73. The normalized spacial score (nSPS) is 10.3. The molecule has 0 fully saturated rings. The molecule has 2 amide bonds. The van der Waals surface area contributed by atoms with Gasteiger partial charge in [0.1, 0.15) is 24.0 Å². The Morgan fingerprint density at radius 2 is 2.10 bits per heavy atom. The van der Waals surface area contributed by atoms with Gasteiger partial charge >= 0.3 is 6.03 Å². The molecule has 0 aliphatic heterocycles. The monoisotopic (exact) mass is 406 g/mol. The molecule has 2 aromatic carbocycles. The fourth-order valence-corrected chi connectivity index (χ4v) is 3.09. The average molecular weight is 406 g/mol. The van der Waals surface area contributed by atoms with Crippen molar-refractivity contribution in [3.63, 3.8) is 0 Å². The molecule has 0 radical (unpaired) electrons. The van der Waals surface area contributed by atoms with Crippen LogP contribution < -0.4 is 10.1 Å². The first-order valence-electron chi connectivity index (χ1n) is 9.41. The number of nitrogens with one attached hydrogen (secondary N) is 1. The van der Waals surface area contributed by atoms with Crippen LogP contribution in [0.2, 0.25) is 0 Å². The smallest absolute Gasteiger partial charge is 0.317 e. The first kappa shape index (κ1) is 20.9. The molecule has 154 valence electrons. The lowest BCUT2D eigenvalue weighted by Crippen LogP contribution is -2.36. The summed E-state index contributed by atoms with van der Waals surface area (Å²) in [4.78, 5) is 18.4. The van der Waals surface area contributed by atoms with Crippen LogP contribution in [0, 0.1) is 25.1 Å². The number of imidazole rings is 1. The number of halogens is 1. The first-order chi connectivity index (χ1) is 14.5. The van der Waals surface area contributed by atoms with E-state index in [1.807, 2.05) is 35.8 Å². The molecule has 6 nitrogen and oxygen atoms in total. The van der Waals surface area contributed by atoms with E-state index in [1.165, 1.54) is 17.0 Å². The van der Waals surface area contributed by atoms with Gasteiger partial charge in [0, 0.05) is 31.5 Å². The van der Waals surface area contributed by atoms with Crippen LogP contribution in [0.4, 0.5) is 9.18 Å². The third-order valence-corrected chi connectivity index (χ3v) is 4.59. The highest BCUT2D eigenvalue weighted by molar-refractivity contribution is 5.74. The Morgan fingerprint density at radius 3 is 2.83 bits per heavy atom. The molecular weight excluding hydrogens is 383 g/mol. The highest BCUT2D eigenvalue weighted by Crippen LogP contribution is 2.20. The number of para-hydroxylation sites is 1. The maximum atomic E-state index is 13.8. The van der Waals surface area contributed by atoms with E-state index in [0.717, 1.165) is 17.1 Å². The molecule has 0 atom stereocenters. The minimum Gasteiger partial charge on any atom is -0.481 e. The van der Waals surface area contributed by atoms with Gasteiger partial charge in [-0.05, 0) is 36.8 Å². The molecule has 0 spiro atoms. The quantitative estimate of drug-likeness (QED) is 0.609. The molecule has 0 aliphatic carbocycles. The van der Waals surface area contributed by atoms with Crippen LogP contribution in [0.25, 0.3) is 5.69 Å². The summed E-state index contributed by atoms with van der Waals surface area (Å²) in [5.74, 6) is 3.47. The van der Waals surface area contributed by atoms with Gasteiger partial charge in [0.15, 0.2) is 0 Å². The Bertz CT molecular complexity index is 1070. The standard InChI is InChI=1S/C23H23FN4O2/c1-4-13-30-22-8-6-5-7-18(22)16-27(3)23(29)26-15-19-14-20(24)9-10-21(19)28-12-11-25-17(28)2/h1,5-12,14H,13,15-16H2,2-3H3,(H,26,29). The van der Waals surface area contributed by atoms with Gasteiger partial charge in [0.2, 0.25) is 0 Å². The predicted octanol–water partition coefficient (Wildman–Crippen LogP) is 3.67. The van der Waals surface area contributed by atoms with E-state index in [4.69, 9.17) is 11.2 Å². The van der Waals surface area contributed by atoms with Gasteiger partial charge in [0.25, 0.3) is 0 Å². The Morgan fingerprint density at radius 1 is 1.30 bits per heavy atom. The average Bonchev–Trinajstić information content (AvgIpc) is 3.17. The first-order valence-corrected chi connectivity index (χ1v) is 9.41. The number of carbonyl (C=O) groups is 1. The number of hydrogen-bond donors (Lipinski definition) is 1. The number of amides is 2. The lowest BCUT2D eigenvalue weighted by molar-refractivity contribution is 0.205. The van der Waals surface area contributed by atoms with Crippen LogP contribution >= 0.6 is 0 Å². The van der Waals surface area contributed by atoms with E-state index in [9.17, 15) is 9.18 Å². The van der Waals surface area contributed by atoms with Crippen molar-refractivity contribution in [3.05, 3.63) is 77.6 Å². The summed E-state index contributed by atoms with van der Waals surface area (Å²) in [7, 11) is 1.68. The van der Waals surface area contributed by atoms with Crippen molar-refractivity contribution in [2.75, 3.05) is 13.7 Å². The molecule has 3 rings (SSSR count). The number of aryl methyl sites for hydroxylation is 1. The lowest BCUT2D eigenvalue weighted by atomic mass is 10.1. The maximum Gasteiger partial charge on any atom is 0.317 e. The van der Waals surface area contributed by atoms with Crippen LogP contribution in [-0.4, -0.2) is 34.1 Å². The van der Waals surface area contributed by atoms with Gasteiger partial charge in [-0.3, -0.25) is 0 Å². The fraction of sp³-hybridized carbons (Fsp3) is 0.217. The topological polar surface area (TPSA) is 59.4 Å². The Labute approximate surface area is 175 Å². The fourth-order valence-electron chi connectivity index (χ4n) is 3.09. The zero-order chi connectivity index (χ0) is 21.5. The van der Waals surface area contributed by atoms with Crippen LogP contribution in [0.15, 0.2) is 54.9 Å². The lowest BCUT2D eigenvalue weighted by Gasteiger charge is -2.20. The van der Waals surface area contributed by atoms with Crippen LogP contribution in [0.3, 0.4) is 0 Å². The summed E-state index contributed by atoms with van der Waals surface area (Å²) in [6, 6.07) is 11.6. The van der Waals surface area contributed by atoms with E-state index in [-0.39, 0.29) is 25.0 Å². The zero-order valence-corrected chi connectivity index (χ0v) is 16.9. The molecule has 3 aromatic rings. The molecular formula is C23H23FN4O2. The van der Waals surface area contributed by atoms with E-state index in [2.05, 4.69) is 16.2 Å². The zero-order valence-electron chi connectivity index (χ0n) is 16.9. The van der Waals surface area contributed by atoms with Crippen molar-refractivity contribution in [1.29, 1.82) is 0 Å². The molecule has 1 aromatic heterocycles. The summed E-state index contributed by atoms with van der Waals surface area (Å²) >= 11 is 0. The number of benzene rings is 2. The second-order valence-electron chi connectivity index (χ2n) is 6.73. The van der Waals surface area contributed by atoms with E-state index in [1.54, 1.807) is 25.5 Å². The van der Waals surface area contributed by atoms with Gasteiger partial charge in [-0.15, -0.1) is 6.42 Å². The van der Waals surface area contributed by atoms with Crippen molar-refractivity contribution in [2.24, 2.45) is 0 Å². The summed E-state index contributed by atoms with van der Waals surface area (Å²) < 4.78 is 21.2. The number of terminal acetylenes is 1. The van der Waals surface area contributed by atoms with Crippen molar-refractivity contribution in [2.45, 2.75) is 20.0 Å². The Hall–Kier alpha value is -3.79. The number of ether oxygens (including phenoxy) is 1. The van der Waals surface area contributed by atoms with Crippen molar-refractivity contribution in [3.8, 4) is 23.8 Å². The minimum atomic E-state index is -0.367. The number of nitrogens with zero attached hydrogens (tertiary/aromatic N) is 3. The minimum absolute atomic E-state index is 0.156. The summed E-state index contributed by atoms with van der Waals surface area (Å²) in [6.45, 7) is 2.52. The van der Waals surface area contributed by atoms with Gasteiger partial charge in [-0.25, -0.2) is 14.2 Å². The molecule has 1 N–H and O–H groups in total. The van der Waals surface area contributed by atoms with Gasteiger partial charge in [-0.1, -0.05) is 24.1 Å². The van der Waals surface area contributed by atoms with Gasteiger partial charge in [-0.2, -0.15) is 0 Å². The molecule has 0 bridgehead atoms. The molecule has 0 aliphatic rings. The molecule has 7 heteroatoms. The number of rotatable bonds is 7. The predicted molar refractivity (Wildman–Crippen MR) is 113 cm³/mol. The van der Waals surface area contributed by atoms with E-state index in [0.29, 0.717) is 17.9 Å². The Kier molecular flexibility index (Phi) is 6.71. The highest BCUT2D eigenvalue weighted by atomic mass is 19.1. The number of aromatic nitrogens is 2. The molecule has 0 saturated heterocycles. The summed E-state index contributed by atoms with van der Waals surface area (Å²) in [5.41, 5.74) is 2.25. The molecule has 0 saturated carbocycles. The summed E-state index contributed by atoms with van der Waals surface area (Å²) in [5, 5.41) is 2.84. The second kappa shape index (κ2) is 9.61. The SMILES string of the molecule is C#CCOc1ccccc1CN(C)C(=O)NCc1cc(F)ccc1-n1ccnc1C. The number of urea groups is 1. The van der Waals surface area contributed by atoms with Crippen molar-refractivity contribution >= 4 is 6.03 Å². The Balaban J connectivity index is 1.69. The van der Waals surface area contributed by atoms with Crippen molar-refractivity contribution < 1.29 is 13.9 Å². The highest BCUT2D eigenvalue weighted by Gasteiger charge is 2.14. The molecule has 0 unspecified atom stereocenters.